The number of rotatable bonds is 4. The number of amides is 1. The molecule has 1 atom stereocenters. The molecule has 1 spiro atoms. The highest BCUT2D eigenvalue weighted by Crippen LogP contribution is 2.36. The van der Waals surface area contributed by atoms with Crippen molar-refractivity contribution >= 4 is 5.91 Å². The van der Waals surface area contributed by atoms with Crippen molar-refractivity contribution in [2.75, 3.05) is 19.7 Å². The standard InChI is InChI=1S/C18H20N4O3/c23-17(16-10-20-6-7-21-16)22-12-18(13-22)9-15(3-8-25-18)24-11-14-1-4-19-5-2-14/h1-2,4-7,10,15H,3,8-9,11-13H2/t15-/m0/s1. The summed E-state index contributed by atoms with van der Waals surface area (Å²) in [6, 6.07) is 3.92. The number of nitrogens with zero attached hydrogens (tertiary/aromatic N) is 4. The van der Waals surface area contributed by atoms with Gasteiger partial charge in [0, 0.05) is 37.8 Å². The fourth-order valence-corrected chi connectivity index (χ4v) is 3.40. The number of carbonyl (C=O) groups excluding carboxylic acids is 1. The van der Waals surface area contributed by atoms with Crippen LogP contribution in [0.15, 0.2) is 43.1 Å². The lowest BCUT2D eigenvalue weighted by atomic mass is 9.84. The highest BCUT2D eigenvalue weighted by molar-refractivity contribution is 5.92. The summed E-state index contributed by atoms with van der Waals surface area (Å²) in [5.74, 6) is -0.0952. The third-order valence-corrected chi connectivity index (χ3v) is 4.71. The van der Waals surface area contributed by atoms with E-state index in [0.29, 0.717) is 32.0 Å². The van der Waals surface area contributed by atoms with Gasteiger partial charge in [-0.05, 0) is 24.1 Å². The van der Waals surface area contributed by atoms with E-state index in [1.165, 1.54) is 12.4 Å². The van der Waals surface area contributed by atoms with E-state index in [1.807, 2.05) is 12.1 Å². The molecule has 0 bridgehead atoms. The predicted octanol–water partition coefficient (Wildman–Crippen LogP) is 1.46. The van der Waals surface area contributed by atoms with Crippen LogP contribution in [0.2, 0.25) is 0 Å². The molecule has 2 aliphatic heterocycles. The first-order chi connectivity index (χ1) is 12.2. The summed E-state index contributed by atoms with van der Waals surface area (Å²) < 4.78 is 12.0. The Morgan fingerprint density at radius 3 is 2.84 bits per heavy atom. The summed E-state index contributed by atoms with van der Waals surface area (Å²) in [7, 11) is 0. The molecule has 2 aliphatic rings. The fourth-order valence-electron chi connectivity index (χ4n) is 3.40. The molecule has 0 radical (unpaired) electrons. The maximum Gasteiger partial charge on any atom is 0.274 e. The topological polar surface area (TPSA) is 77.4 Å². The van der Waals surface area contributed by atoms with Crippen LogP contribution in [0.4, 0.5) is 0 Å². The molecule has 7 heteroatoms. The van der Waals surface area contributed by atoms with E-state index < -0.39 is 0 Å². The summed E-state index contributed by atoms with van der Waals surface area (Å²) in [4.78, 5) is 26.2. The van der Waals surface area contributed by atoms with Gasteiger partial charge in [0.2, 0.25) is 0 Å². The summed E-state index contributed by atoms with van der Waals surface area (Å²) >= 11 is 0. The van der Waals surface area contributed by atoms with Gasteiger partial charge >= 0.3 is 0 Å². The number of likely N-dealkylation sites (tertiary alicyclic amines) is 1. The van der Waals surface area contributed by atoms with Crippen molar-refractivity contribution in [3.05, 3.63) is 54.4 Å². The Morgan fingerprint density at radius 1 is 1.24 bits per heavy atom. The van der Waals surface area contributed by atoms with Crippen molar-refractivity contribution in [1.29, 1.82) is 0 Å². The Balaban J connectivity index is 1.31. The largest absolute Gasteiger partial charge is 0.373 e. The van der Waals surface area contributed by atoms with Crippen molar-refractivity contribution in [3.8, 4) is 0 Å². The molecule has 2 aromatic rings. The first kappa shape index (κ1) is 16.1. The van der Waals surface area contributed by atoms with E-state index in [-0.39, 0.29) is 17.6 Å². The lowest BCUT2D eigenvalue weighted by Gasteiger charge is -2.52. The number of hydrogen-bond acceptors (Lipinski definition) is 6. The predicted molar refractivity (Wildman–Crippen MR) is 88.7 cm³/mol. The Hall–Kier alpha value is -2.38. The number of carbonyl (C=O) groups is 1. The Bertz CT molecular complexity index is 720. The molecule has 4 heterocycles. The van der Waals surface area contributed by atoms with Crippen LogP contribution in [0.1, 0.15) is 28.9 Å². The molecular weight excluding hydrogens is 320 g/mol. The quantitative estimate of drug-likeness (QED) is 0.839. The summed E-state index contributed by atoms with van der Waals surface area (Å²) in [5.41, 5.74) is 1.21. The zero-order chi connectivity index (χ0) is 17.1. The van der Waals surface area contributed by atoms with Gasteiger partial charge in [-0.2, -0.15) is 0 Å². The van der Waals surface area contributed by atoms with Gasteiger partial charge in [-0.3, -0.25) is 14.8 Å². The van der Waals surface area contributed by atoms with Crippen LogP contribution in [0, 0.1) is 0 Å². The molecule has 2 saturated heterocycles. The molecule has 1 amide bonds. The maximum absolute atomic E-state index is 12.4. The maximum atomic E-state index is 12.4. The third kappa shape index (κ3) is 3.52. The van der Waals surface area contributed by atoms with Gasteiger partial charge in [-0.1, -0.05) is 0 Å². The molecule has 130 valence electrons. The SMILES string of the molecule is O=C(c1cnccn1)N1CC2(C[C@@H](OCc3ccncc3)CCO2)C1. The van der Waals surface area contributed by atoms with Gasteiger partial charge in [0.05, 0.1) is 32.0 Å². The second kappa shape index (κ2) is 6.85. The monoisotopic (exact) mass is 340 g/mol. The van der Waals surface area contributed by atoms with Crippen LogP contribution in [0.25, 0.3) is 0 Å². The minimum absolute atomic E-state index is 0.0952. The molecule has 0 aliphatic carbocycles. The highest BCUT2D eigenvalue weighted by atomic mass is 16.5. The number of pyridine rings is 1. The molecule has 2 aromatic heterocycles. The second-order valence-corrected chi connectivity index (χ2v) is 6.56. The van der Waals surface area contributed by atoms with Crippen molar-refractivity contribution < 1.29 is 14.3 Å². The fraction of sp³-hybridized carbons (Fsp3) is 0.444. The first-order valence-electron chi connectivity index (χ1n) is 8.44. The van der Waals surface area contributed by atoms with E-state index in [0.717, 1.165) is 18.4 Å². The third-order valence-electron chi connectivity index (χ3n) is 4.71. The average molecular weight is 340 g/mol. The van der Waals surface area contributed by atoms with Crippen molar-refractivity contribution in [2.45, 2.75) is 31.2 Å². The van der Waals surface area contributed by atoms with Gasteiger partial charge in [-0.15, -0.1) is 0 Å². The van der Waals surface area contributed by atoms with Gasteiger partial charge in [0.25, 0.3) is 5.91 Å². The van der Waals surface area contributed by atoms with Crippen LogP contribution in [0.3, 0.4) is 0 Å². The minimum atomic E-state index is -0.279. The van der Waals surface area contributed by atoms with Gasteiger partial charge in [-0.25, -0.2) is 4.98 Å². The number of aromatic nitrogens is 3. The second-order valence-electron chi connectivity index (χ2n) is 6.56. The summed E-state index contributed by atoms with van der Waals surface area (Å²) in [6.45, 7) is 2.40. The van der Waals surface area contributed by atoms with Crippen LogP contribution in [-0.4, -0.2) is 57.2 Å². The van der Waals surface area contributed by atoms with E-state index in [2.05, 4.69) is 15.0 Å². The van der Waals surface area contributed by atoms with E-state index in [4.69, 9.17) is 9.47 Å². The van der Waals surface area contributed by atoms with Crippen LogP contribution >= 0.6 is 0 Å². The van der Waals surface area contributed by atoms with E-state index >= 15 is 0 Å². The Kier molecular flexibility index (Phi) is 4.42. The lowest BCUT2D eigenvalue weighted by molar-refractivity contribution is -0.188. The molecule has 2 fully saturated rings. The zero-order valence-electron chi connectivity index (χ0n) is 13.9. The van der Waals surface area contributed by atoms with Gasteiger partial charge < -0.3 is 14.4 Å². The summed E-state index contributed by atoms with van der Waals surface area (Å²) in [6.07, 6.45) is 9.96. The van der Waals surface area contributed by atoms with Gasteiger partial charge in [0.15, 0.2) is 0 Å². The smallest absolute Gasteiger partial charge is 0.274 e. The van der Waals surface area contributed by atoms with Crippen molar-refractivity contribution in [2.24, 2.45) is 0 Å². The minimum Gasteiger partial charge on any atom is -0.373 e. The molecule has 25 heavy (non-hydrogen) atoms. The van der Waals surface area contributed by atoms with E-state index in [1.54, 1.807) is 23.5 Å². The van der Waals surface area contributed by atoms with Crippen LogP contribution < -0.4 is 0 Å². The molecule has 0 aromatic carbocycles. The molecule has 4 rings (SSSR count). The number of ether oxygens (including phenoxy) is 2. The molecular formula is C18H20N4O3. The van der Waals surface area contributed by atoms with Crippen molar-refractivity contribution in [1.82, 2.24) is 19.9 Å². The zero-order valence-corrected chi connectivity index (χ0v) is 13.9. The Morgan fingerprint density at radius 2 is 2.08 bits per heavy atom. The van der Waals surface area contributed by atoms with E-state index in [9.17, 15) is 4.79 Å². The average Bonchev–Trinajstić information content (AvgIpc) is 2.65. The highest BCUT2D eigenvalue weighted by Gasteiger charge is 2.49. The van der Waals surface area contributed by atoms with Crippen molar-refractivity contribution in [3.63, 3.8) is 0 Å². The molecule has 0 N–H and O–H groups in total. The van der Waals surface area contributed by atoms with Crippen LogP contribution in [0.5, 0.6) is 0 Å². The lowest BCUT2D eigenvalue weighted by Crippen LogP contribution is -2.67. The molecule has 0 unspecified atom stereocenters. The summed E-state index contributed by atoms with van der Waals surface area (Å²) in [5, 5.41) is 0. The normalized spacial score (nSPS) is 21.8. The molecule has 7 nitrogen and oxygen atoms in total. The Labute approximate surface area is 146 Å². The van der Waals surface area contributed by atoms with Gasteiger partial charge in [0.1, 0.15) is 11.3 Å². The van der Waals surface area contributed by atoms with Crippen LogP contribution in [-0.2, 0) is 16.1 Å². The number of hydrogen-bond donors (Lipinski definition) is 0. The first-order valence-corrected chi connectivity index (χ1v) is 8.44. The molecule has 0 saturated carbocycles.